The van der Waals surface area contributed by atoms with Gasteiger partial charge in [0.2, 0.25) is 11.7 Å². The van der Waals surface area contributed by atoms with Crippen LogP contribution in [0.1, 0.15) is 30.5 Å². The van der Waals surface area contributed by atoms with Crippen molar-refractivity contribution in [2.75, 3.05) is 0 Å². The number of thiophene rings is 1. The van der Waals surface area contributed by atoms with E-state index in [-0.39, 0.29) is 0 Å². The van der Waals surface area contributed by atoms with Crippen molar-refractivity contribution >= 4 is 23.1 Å². The molecule has 1 aromatic carbocycles. The zero-order chi connectivity index (χ0) is 17.3. The summed E-state index contributed by atoms with van der Waals surface area (Å²) in [4.78, 5) is 4.48. The minimum atomic E-state index is 0.519. The molecule has 0 N–H and O–H groups in total. The largest absolute Gasteiger partial charge is 0.338 e. The smallest absolute Gasteiger partial charge is 0.237 e. The molecule has 0 bridgehead atoms. The number of hydrogen-bond acceptors (Lipinski definition) is 7. The van der Waals surface area contributed by atoms with Crippen molar-refractivity contribution in [2.45, 2.75) is 29.7 Å². The molecule has 6 nitrogen and oxygen atoms in total. The Morgan fingerprint density at radius 2 is 2.04 bits per heavy atom. The SMILES string of the molecule is c1ccc(-n2c(SCc3nc(-c4ccsc4)no3)nnc2C2CC2)cc1. The van der Waals surface area contributed by atoms with Gasteiger partial charge in [-0.25, -0.2) is 0 Å². The summed E-state index contributed by atoms with van der Waals surface area (Å²) in [5, 5.41) is 17.8. The lowest BCUT2D eigenvalue weighted by Crippen LogP contribution is -2.01. The van der Waals surface area contributed by atoms with Crippen molar-refractivity contribution in [2.24, 2.45) is 0 Å². The van der Waals surface area contributed by atoms with Crippen LogP contribution in [0.4, 0.5) is 0 Å². The standard InChI is InChI=1S/C18H15N5OS2/c1-2-4-14(5-3-1)23-17(12-6-7-12)20-21-18(23)26-11-15-19-16(22-24-15)13-8-9-25-10-13/h1-5,8-10,12H,6-7,11H2. The first-order chi connectivity index (χ1) is 12.9. The molecule has 1 aliphatic carbocycles. The van der Waals surface area contributed by atoms with Gasteiger partial charge in [-0.15, -0.1) is 10.2 Å². The van der Waals surface area contributed by atoms with Crippen molar-refractivity contribution in [1.82, 2.24) is 24.9 Å². The molecule has 130 valence electrons. The summed E-state index contributed by atoms with van der Waals surface area (Å²) in [6, 6.07) is 12.2. The zero-order valence-corrected chi connectivity index (χ0v) is 15.4. The molecule has 1 saturated carbocycles. The fourth-order valence-corrected chi connectivity index (χ4v) is 4.18. The first-order valence-corrected chi connectivity index (χ1v) is 10.3. The van der Waals surface area contributed by atoms with Gasteiger partial charge in [0.15, 0.2) is 5.16 Å². The topological polar surface area (TPSA) is 69.6 Å². The van der Waals surface area contributed by atoms with Crippen LogP contribution < -0.4 is 0 Å². The molecule has 3 aromatic heterocycles. The number of thioether (sulfide) groups is 1. The normalized spacial score (nSPS) is 14.0. The second-order valence-corrected chi connectivity index (χ2v) is 7.82. The fraction of sp³-hybridized carbons (Fsp3) is 0.222. The molecule has 0 spiro atoms. The summed E-state index contributed by atoms with van der Waals surface area (Å²) in [7, 11) is 0. The number of aromatic nitrogens is 5. The van der Waals surface area contributed by atoms with E-state index in [0.29, 0.717) is 23.4 Å². The van der Waals surface area contributed by atoms with Crippen LogP contribution in [-0.2, 0) is 5.75 Å². The van der Waals surface area contributed by atoms with E-state index in [2.05, 4.69) is 37.0 Å². The Labute approximate surface area is 158 Å². The highest BCUT2D eigenvalue weighted by atomic mass is 32.2. The number of nitrogens with zero attached hydrogens (tertiary/aromatic N) is 5. The highest BCUT2D eigenvalue weighted by Gasteiger charge is 2.31. The van der Waals surface area contributed by atoms with Gasteiger partial charge in [-0.05, 0) is 36.4 Å². The third kappa shape index (κ3) is 3.06. The van der Waals surface area contributed by atoms with Gasteiger partial charge in [0.25, 0.3) is 0 Å². The van der Waals surface area contributed by atoms with Gasteiger partial charge < -0.3 is 4.52 Å². The van der Waals surface area contributed by atoms with Crippen LogP contribution in [0.5, 0.6) is 0 Å². The predicted octanol–water partition coefficient (Wildman–Crippen LogP) is 4.55. The summed E-state index contributed by atoms with van der Waals surface area (Å²) < 4.78 is 7.54. The molecule has 0 aliphatic heterocycles. The van der Waals surface area contributed by atoms with Crippen molar-refractivity contribution in [3.63, 3.8) is 0 Å². The molecule has 0 radical (unpaired) electrons. The van der Waals surface area contributed by atoms with Gasteiger partial charge in [0, 0.05) is 22.5 Å². The molecule has 0 atom stereocenters. The van der Waals surface area contributed by atoms with Crippen molar-refractivity contribution in [1.29, 1.82) is 0 Å². The Morgan fingerprint density at radius 3 is 2.81 bits per heavy atom. The third-order valence-corrected chi connectivity index (χ3v) is 5.78. The van der Waals surface area contributed by atoms with Gasteiger partial charge >= 0.3 is 0 Å². The molecule has 1 aliphatic rings. The van der Waals surface area contributed by atoms with Crippen LogP contribution in [0, 0.1) is 0 Å². The molecule has 26 heavy (non-hydrogen) atoms. The van der Waals surface area contributed by atoms with Gasteiger partial charge in [-0.2, -0.15) is 16.3 Å². The number of rotatable bonds is 6. The summed E-state index contributed by atoms with van der Waals surface area (Å²) in [5.74, 6) is 3.35. The monoisotopic (exact) mass is 381 g/mol. The Bertz CT molecular complexity index is 1010. The minimum Gasteiger partial charge on any atom is -0.338 e. The van der Waals surface area contributed by atoms with Crippen LogP contribution in [0.15, 0.2) is 56.8 Å². The van der Waals surface area contributed by atoms with Crippen molar-refractivity contribution in [3.05, 3.63) is 58.9 Å². The number of benzene rings is 1. The van der Waals surface area contributed by atoms with E-state index in [4.69, 9.17) is 4.52 Å². The van der Waals surface area contributed by atoms with Crippen LogP contribution in [-0.4, -0.2) is 24.9 Å². The first kappa shape index (κ1) is 15.8. The van der Waals surface area contributed by atoms with E-state index in [9.17, 15) is 0 Å². The Kier molecular flexibility index (Phi) is 4.06. The average molecular weight is 381 g/mol. The number of hydrogen-bond donors (Lipinski definition) is 0. The van der Waals surface area contributed by atoms with E-state index in [1.54, 1.807) is 23.1 Å². The summed E-state index contributed by atoms with van der Waals surface area (Å²) in [6.45, 7) is 0. The third-order valence-electron chi connectivity index (χ3n) is 4.19. The maximum atomic E-state index is 5.39. The summed E-state index contributed by atoms with van der Waals surface area (Å²) in [6.07, 6.45) is 2.37. The molecule has 0 unspecified atom stereocenters. The Balaban J connectivity index is 1.39. The van der Waals surface area contributed by atoms with E-state index in [1.165, 1.54) is 12.8 Å². The second kappa shape index (κ2) is 6.69. The van der Waals surface area contributed by atoms with E-state index in [1.807, 2.05) is 35.0 Å². The lowest BCUT2D eigenvalue weighted by Gasteiger charge is -2.08. The lowest BCUT2D eigenvalue weighted by molar-refractivity contribution is 0.391. The van der Waals surface area contributed by atoms with Crippen molar-refractivity contribution < 1.29 is 4.52 Å². The van der Waals surface area contributed by atoms with Crippen LogP contribution in [0.3, 0.4) is 0 Å². The molecule has 1 fully saturated rings. The average Bonchev–Trinajstić information content (AvgIpc) is 3.08. The number of para-hydroxylation sites is 1. The zero-order valence-electron chi connectivity index (χ0n) is 13.8. The van der Waals surface area contributed by atoms with Crippen LogP contribution in [0.2, 0.25) is 0 Å². The molecular weight excluding hydrogens is 366 g/mol. The van der Waals surface area contributed by atoms with Crippen LogP contribution >= 0.6 is 23.1 Å². The van der Waals surface area contributed by atoms with E-state index < -0.39 is 0 Å². The molecule has 5 rings (SSSR count). The van der Waals surface area contributed by atoms with Gasteiger partial charge in [-0.3, -0.25) is 4.57 Å². The molecule has 8 heteroatoms. The molecular formula is C18H15N5OS2. The van der Waals surface area contributed by atoms with Crippen LogP contribution in [0.25, 0.3) is 17.1 Å². The van der Waals surface area contributed by atoms with Gasteiger partial charge in [-0.1, -0.05) is 35.1 Å². The van der Waals surface area contributed by atoms with Gasteiger partial charge in [0.05, 0.1) is 5.75 Å². The highest BCUT2D eigenvalue weighted by molar-refractivity contribution is 7.98. The fourth-order valence-electron chi connectivity index (χ4n) is 2.75. The maximum Gasteiger partial charge on any atom is 0.237 e. The van der Waals surface area contributed by atoms with E-state index in [0.717, 1.165) is 22.2 Å². The lowest BCUT2D eigenvalue weighted by atomic mass is 10.3. The van der Waals surface area contributed by atoms with E-state index >= 15 is 0 Å². The first-order valence-electron chi connectivity index (χ1n) is 8.37. The Morgan fingerprint density at radius 1 is 1.15 bits per heavy atom. The quantitative estimate of drug-likeness (QED) is 0.456. The van der Waals surface area contributed by atoms with Crippen molar-refractivity contribution in [3.8, 4) is 17.1 Å². The molecule has 3 heterocycles. The maximum absolute atomic E-state index is 5.39. The minimum absolute atomic E-state index is 0.519. The second-order valence-electron chi connectivity index (χ2n) is 6.10. The summed E-state index contributed by atoms with van der Waals surface area (Å²) >= 11 is 3.18. The predicted molar refractivity (Wildman–Crippen MR) is 101 cm³/mol. The molecule has 0 saturated heterocycles. The molecule has 4 aromatic rings. The molecule has 0 amide bonds. The van der Waals surface area contributed by atoms with Gasteiger partial charge in [0.1, 0.15) is 5.82 Å². The highest BCUT2D eigenvalue weighted by Crippen LogP contribution is 2.41. The summed E-state index contributed by atoms with van der Waals surface area (Å²) in [5.41, 5.74) is 2.07. The Hall–Kier alpha value is -2.45.